The quantitative estimate of drug-likeness (QED) is 0.471. The SMILES string of the molecule is FC[C@@H]1CC12CC2. The van der Waals surface area contributed by atoms with Gasteiger partial charge in [-0.3, -0.25) is 4.39 Å². The largest absolute Gasteiger partial charge is 0.251 e. The molecule has 0 amide bonds. The topological polar surface area (TPSA) is 0 Å². The monoisotopic (exact) mass is 100 g/mol. The molecule has 0 radical (unpaired) electrons. The molecule has 0 aliphatic heterocycles. The molecule has 0 aromatic carbocycles. The molecule has 1 spiro atoms. The Morgan fingerprint density at radius 3 is 2.43 bits per heavy atom. The third-order valence-corrected chi connectivity index (χ3v) is 2.44. The van der Waals surface area contributed by atoms with Crippen molar-refractivity contribution in [1.82, 2.24) is 0 Å². The predicted molar refractivity (Wildman–Crippen MR) is 25.7 cm³/mol. The summed E-state index contributed by atoms with van der Waals surface area (Å²) in [5.41, 5.74) is 0.592. The molecule has 40 valence electrons. The first-order valence-electron chi connectivity index (χ1n) is 2.93. The van der Waals surface area contributed by atoms with Gasteiger partial charge in [0.25, 0.3) is 0 Å². The van der Waals surface area contributed by atoms with E-state index in [-0.39, 0.29) is 6.67 Å². The summed E-state index contributed by atoms with van der Waals surface area (Å²) in [6.45, 7) is -0.0556. The molecule has 0 N–H and O–H groups in total. The van der Waals surface area contributed by atoms with Crippen LogP contribution in [0.4, 0.5) is 4.39 Å². The van der Waals surface area contributed by atoms with Crippen LogP contribution >= 0.6 is 0 Å². The summed E-state index contributed by atoms with van der Waals surface area (Å²) in [5.74, 6) is 0.493. The number of alkyl halides is 1. The summed E-state index contributed by atoms with van der Waals surface area (Å²) in [6.07, 6.45) is 3.84. The predicted octanol–water partition coefficient (Wildman–Crippen LogP) is 1.76. The lowest BCUT2D eigenvalue weighted by atomic mass is 10.3. The minimum absolute atomic E-state index is 0.0556. The van der Waals surface area contributed by atoms with Crippen LogP contribution in [0.1, 0.15) is 19.3 Å². The van der Waals surface area contributed by atoms with Crippen LogP contribution in [0.2, 0.25) is 0 Å². The summed E-state index contributed by atoms with van der Waals surface area (Å²) in [7, 11) is 0. The van der Waals surface area contributed by atoms with Crippen LogP contribution in [-0.4, -0.2) is 6.67 Å². The molecule has 1 atom stereocenters. The Kier molecular flexibility index (Phi) is 0.477. The van der Waals surface area contributed by atoms with Gasteiger partial charge in [0.2, 0.25) is 0 Å². The van der Waals surface area contributed by atoms with Gasteiger partial charge in [-0.05, 0) is 30.6 Å². The third-order valence-electron chi connectivity index (χ3n) is 2.44. The molecular formula is C6H9F. The molecule has 2 fully saturated rings. The fraction of sp³-hybridized carbons (Fsp3) is 1.00. The molecule has 7 heavy (non-hydrogen) atoms. The summed E-state index contributed by atoms with van der Waals surface area (Å²) >= 11 is 0. The van der Waals surface area contributed by atoms with Crippen LogP contribution in [0.15, 0.2) is 0 Å². The summed E-state index contributed by atoms with van der Waals surface area (Å²) in [4.78, 5) is 0. The zero-order chi connectivity index (χ0) is 4.91. The van der Waals surface area contributed by atoms with E-state index < -0.39 is 0 Å². The van der Waals surface area contributed by atoms with Gasteiger partial charge in [-0.2, -0.15) is 0 Å². The molecular weight excluding hydrogens is 91.1 g/mol. The zero-order valence-corrected chi connectivity index (χ0v) is 4.28. The maximum absolute atomic E-state index is 11.7. The van der Waals surface area contributed by atoms with E-state index in [1.165, 1.54) is 19.3 Å². The van der Waals surface area contributed by atoms with E-state index in [0.29, 0.717) is 11.3 Å². The van der Waals surface area contributed by atoms with Crippen molar-refractivity contribution in [3.8, 4) is 0 Å². The summed E-state index contributed by atoms with van der Waals surface area (Å²) < 4.78 is 11.7. The Balaban J connectivity index is 1.97. The maximum atomic E-state index is 11.7. The fourth-order valence-electron chi connectivity index (χ4n) is 1.42. The van der Waals surface area contributed by atoms with Gasteiger partial charge in [0.15, 0.2) is 0 Å². The average Bonchev–Trinajstić information content (AvgIpc) is 2.52. The summed E-state index contributed by atoms with van der Waals surface area (Å²) in [6, 6.07) is 0. The van der Waals surface area contributed by atoms with Gasteiger partial charge in [0, 0.05) is 0 Å². The highest BCUT2D eigenvalue weighted by Crippen LogP contribution is 2.70. The van der Waals surface area contributed by atoms with Crippen LogP contribution in [0.5, 0.6) is 0 Å². The second-order valence-electron chi connectivity index (χ2n) is 2.92. The van der Waals surface area contributed by atoms with Crippen LogP contribution in [0.25, 0.3) is 0 Å². The molecule has 0 aromatic rings. The second kappa shape index (κ2) is 0.862. The van der Waals surface area contributed by atoms with E-state index in [1.54, 1.807) is 0 Å². The van der Waals surface area contributed by atoms with Crippen molar-refractivity contribution in [2.24, 2.45) is 11.3 Å². The lowest BCUT2D eigenvalue weighted by Gasteiger charge is -1.79. The smallest absolute Gasteiger partial charge is 0.0928 e. The minimum Gasteiger partial charge on any atom is -0.251 e. The Labute approximate surface area is 42.7 Å². The standard InChI is InChI=1S/C6H9F/c7-4-5-3-6(5)1-2-6/h5H,1-4H2/t5-/m0/s1. The third kappa shape index (κ3) is 0.361. The normalized spacial score (nSPS) is 41.6. The van der Waals surface area contributed by atoms with Gasteiger partial charge in [0.05, 0.1) is 6.67 Å². The van der Waals surface area contributed by atoms with Gasteiger partial charge in [-0.25, -0.2) is 0 Å². The lowest BCUT2D eigenvalue weighted by Crippen LogP contribution is -1.79. The first-order valence-corrected chi connectivity index (χ1v) is 2.93. The zero-order valence-electron chi connectivity index (χ0n) is 4.28. The summed E-state index contributed by atoms with van der Waals surface area (Å²) in [5, 5.41) is 0. The van der Waals surface area contributed by atoms with Gasteiger partial charge in [-0.15, -0.1) is 0 Å². The molecule has 0 heterocycles. The van der Waals surface area contributed by atoms with Gasteiger partial charge < -0.3 is 0 Å². The van der Waals surface area contributed by atoms with Gasteiger partial charge in [-0.1, -0.05) is 0 Å². The van der Waals surface area contributed by atoms with Crippen molar-refractivity contribution in [2.45, 2.75) is 19.3 Å². The average molecular weight is 100 g/mol. The van der Waals surface area contributed by atoms with Crippen LogP contribution in [-0.2, 0) is 0 Å². The highest BCUT2D eigenvalue weighted by atomic mass is 19.1. The molecule has 2 aliphatic rings. The van der Waals surface area contributed by atoms with Crippen molar-refractivity contribution in [1.29, 1.82) is 0 Å². The molecule has 0 aromatic heterocycles. The highest BCUT2D eigenvalue weighted by molar-refractivity contribution is 5.11. The Morgan fingerprint density at radius 1 is 1.57 bits per heavy atom. The van der Waals surface area contributed by atoms with E-state index in [2.05, 4.69) is 0 Å². The van der Waals surface area contributed by atoms with Crippen molar-refractivity contribution in [3.05, 3.63) is 0 Å². The molecule has 2 aliphatic carbocycles. The van der Waals surface area contributed by atoms with E-state index in [9.17, 15) is 4.39 Å². The number of rotatable bonds is 1. The Bertz CT molecular complexity index is 94.4. The molecule has 1 heteroatoms. The van der Waals surface area contributed by atoms with E-state index in [4.69, 9.17) is 0 Å². The second-order valence-corrected chi connectivity index (χ2v) is 2.92. The van der Waals surface area contributed by atoms with Gasteiger partial charge >= 0.3 is 0 Å². The fourth-order valence-corrected chi connectivity index (χ4v) is 1.42. The van der Waals surface area contributed by atoms with Crippen molar-refractivity contribution < 1.29 is 4.39 Å². The molecule has 0 nitrogen and oxygen atoms in total. The lowest BCUT2D eigenvalue weighted by molar-refractivity contribution is 0.436. The van der Waals surface area contributed by atoms with Gasteiger partial charge in [0.1, 0.15) is 0 Å². The first-order chi connectivity index (χ1) is 3.37. The highest BCUT2D eigenvalue weighted by Gasteiger charge is 2.62. The van der Waals surface area contributed by atoms with E-state index in [1.807, 2.05) is 0 Å². The van der Waals surface area contributed by atoms with Crippen LogP contribution in [0.3, 0.4) is 0 Å². The number of hydrogen-bond donors (Lipinski definition) is 0. The van der Waals surface area contributed by atoms with Crippen molar-refractivity contribution >= 4 is 0 Å². The number of halogens is 1. The van der Waals surface area contributed by atoms with Crippen LogP contribution in [0, 0.1) is 11.3 Å². The Morgan fingerprint density at radius 2 is 2.29 bits per heavy atom. The molecule has 0 unspecified atom stereocenters. The molecule has 2 rings (SSSR count). The van der Waals surface area contributed by atoms with E-state index in [0.717, 1.165) is 0 Å². The first kappa shape index (κ1) is 3.88. The molecule has 0 saturated heterocycles. The van der Waals surface area contributed by atoms with E-state index >= 15 is 0 Å². The molecule has 2 saturated carbocycles. The van der Waals surface area contributed by atoms with Crippen molar-refractivity contribution in [3.63, 3.8) is 0 Å². The molecule has 0 bridgehead atoms. The minimum atomic E-state index is -0.0556. The number of hydrogen-bond acceptors (Lipinski definition) is 0. The van der Waals surface area contributed by atoms with Crippen molar-refractivity contribution in [2.75, 3.05) is 6.67 Å². The van der Waals surface area contributed by atoms with Crippen LogP contribution < -0.4 is 0 Å². The Hall–Kier alpha value is -0.0700. The maximum Gasteiger partial charge on any atom is 0.0928 e.